The fourth-order valence-electron chi connectivity index (χ4n) is 1.39. The van der Waals surface area contributed by atoms with Crippen LogP contribution in [0.1, 0.15) is 19.0 Å². The number of hydrogen-bond acceptors (Lipinski definition) is 3. The second-order valence-electron chi connectivity index (χ2n) is 3.56. The summed E-state index contributed by atoms with van der Waals surface area (Å²) in [4.78, 5) is 0. The molecule has 0 aromatic carbocycles. The minimum Gasteiger partial charge on any atom is -0.396 e. The molecular weight excluding hydrogens is 178 g/mol. The number of aliphatic hydroxyl groups excluding tert-OH is 1. The van der Waals surface area contributed by atoms with Crippen molar-refractivity contribution in [2.75, 3.05) is 13.2 Å². The van der Waals surface area contributed by atoms with E-state index in [9.17, 15) is 0 Å². The number of aromatic nitrogens is 2. The van der Waals surface area contributed by atoms with Crippen LogP contribution in [0.5, 0.6) is 0 Å². The van der Waals surface area contributed by atoms with Crippen molar-refractivity contribution in [3.8, 4) is 0 Å². The number of aliphatic hydroxyl groups is 1. The first kappa shape index (κ1) is 11.2. The minimum absolute atomic E-state index is 0.250. The fourth-order valence-corrected chi connectivity index (χ4v) is 1.39. The topological polar surface area (TPSA) is 50.1 Å². The normalized spacial score (nSPS) is 13.1. The first-order valence-corrected chi connectivity index (χ1v) is 5.05. The molecule has 1 aromatic heterocycles. The number of hydrogen-bond donors (Lipinski definition) is 2. The highest BCUT2D eigenvalue weighted by Crippen LogP contribution is 1.97. The van der Waals surface area contributed by atoms with Crippen molar-refractivity contribution in [1.82, 2.24) is 15.1 Å². The fraction of sp³-hybridized carbons (Fsp3) is 0.700. The zero-order chi connectivity index (χ0) is 10.4. The highest BCUT2D eigenvalue weighted by atomic mass is 16.3. The summed E-state index contributed by atoms with van der Waals surface area (Å²) in [5, 5.41) is 16.2. The highest BCUT2D eigenvalue weighted by Gasteiger charge is 2.01. The van der Waals surface area contributed by atoms with Gasteiger partial charge in [0.1, 0.15) is 0 Å². The summed E-state index contributed by atoms with van der Waals surface area (Å²) < 4.78 is 1.89. The van der Waals surface area contributed by atoms with E-state index in [2.05, 4.69) is 17.3 Å². The third-order valence-corrected chi connectivity index (χ3v) is 2.36. The van der Waals surface area contributed by atoms with Gasteiger partial charge in [-0.05, 0) is 19.4 Å². The lowest BCUT2D eigenvalue weighted by atomic mass is 10.2. The zero-order valence-electron chi connectivity index (χ0n) is 8.90. The van der Waals surface area contributed by atoms with Gasteiger partial charge >= 0.3 is 0 Å². The van der Waals surface area contributed by atoms with Crippen LogP contribution < -0.4 is 5.32 Å². The molecule has 0 radical (unpaired) electrons. The highest BCUT2D eigenvalue weighted by molar-refractivity contribution is 5.00. The average Bonchev–Trinajstić information content (AvgIpc) is 2.52. The van der Waals surface area contributed by atoms with Crippen LogP contribution in [-0.2, 0) is 13.5 Å². The Hall–Kier alpha value is -0.870. The summed E-state index contributed by atoms with van der Waals surface area (Å²) in [5.74, 6) is 0. The Labute approximate surface area is 84.9 Å². The van der Waals surface area contributed by atoms with Crippen molar-refractivity contribution < 1.29 is 5.11 Å². The Bertz CT molecular complexity index is 260. The summed E-state index contributed by atoms with van der Waals surface area (Å²) in [5.41, 5.74) is 1.23. The third-order valence-electron chi connectivity index (χ3n) is 2.36. The average molecular weight is 197 g/mol. The smallest absolute Gasteiger partial charge is 0.0492 e. The first-order chi connectivity index (χ1) is 6.74. The minimum atomic E-state index is 0.250. The zero-order valence-corrected chi connectivity index (χ0v) is 8.90. The number of aryl methyl sites for hydroxylation is 1. The largest absolute Gasteiger partial charge is 0.396 e. The molecule has 0 aliphatic heterocycles. The van der Waals surface area contributed by atoms with E-state index in [1.807, 2.05) is 24.0 Å². The third kappa shape index (κ3) is 3.47. The Morgan fingerprint density at radius 3 is 3.00 bits per heavy atom. The van der Waals surface area contributed by atoms with Crippen molar-refractivity contribution in [3.05, 3.63) is 18.0 Å². The molecule has 14 heavy (non-hydrogen) atoms. The predicted molar refractivity (Wildman–Crippen MR) is 56.1 cm³/mol. The molecule has 0 fully saturated rings. The second-order valence-corrected chi connectivity index (χ2v) is 3.56. The van der Waals surface area contributed by atoms with Crippen LogP contribution in [-0.4, -0.2) is 34.1 Å². The van der Waals surface area contributed by atoms with Crippen molar-refractivity contribution in [3.63, 3.8) is 0 Å². The molecule has 0 aliphatic rings. The molecule has 0 amide bonds. The van der Waals surface area contributed by atoms with Crippen molar-refractivity contribution in [2.24, 2.45) is 7.05 Å². The van der Waals surface area contributed by atoms with Gasteiger partial charge in [0.05, 0.1) is 0 Å². The standard InChI is InChI=1S/C10H19N3O/c1-9(5-8-14)11-6-3-10-4-7-12-13(10)2/h4,7,9,11,14H,3,5-6,8H2,1-2H3. The van der Waals surface area contributed by atoms with Crippen LogP contribution in [0, 0.1) is 0 Å². The maximum Gasteiger partial charge on any atom is 0.0492 e. The molecule has 80 valence electrons. The summed E-state index contributed by atoms with van der Waals surface area (Å²) in [6, 6.07) is 2.41. The van der Waals surface area contributed by atoms with Gasteiger partial charge in [-0.25, -0.2) is 0 Å². The lowest BCUT2D eigenvalue weighted by molar-refractivity contribution is 0.269. The molecule has 0 spiro atoms. The lowest BCUT2D eigenvalue weighted by Gasteiger charge is -2.11. The molecule has 2 N–H and O–H groups in total. The SMILES string of the molecule is CC(CCO)NCCc1ccnn1C. The van der Waals surface area contributed by atoms with E-state index >= 15 is 0 Å². The number of rotatable bonds is 6. The van der Waals surface area contributed by atoms with E-state index in [0.29, 0.717) is 6.04 Å². The monoisotopic (exact) mass is 197 g/mol. The Kier molecular flexibility index (Phi) is 4.62. The predicted octanol–water partition coefficient (Wildman–Crippen LogP) is 0.323. The van der Waals surface area contributed by atoms with Crippen LogP contribution >= 0.6 is 0 Å². The van der Waals surface area contributed by atoms with Gasteiger partial charge in [0, 0.05) is 44.6 Å². The maximum atomic E-state index is 8.71. The Balaban J connectivity index is 2.19. The molecule has 4 heteroatoms. The molecule has 1 unspecified atom stereocenters. The van der Waals surface area contributed by atoms with E-state index in [1.165, 1.54) is 5.69 Å². The van der Waals surface area contributed by atoms with Crippen LogP contribution in [0.2, 0.25) is 0 Å². The molecule has 1 heterocycles. The van der Waals surface area contributed by atoms with Gasteiger partial charge in [0.2, 0.25) is 0 Å². The Morgan fingerprint density at radius 2 is 2.43 bits per heavy atom. The summed E-state index contributed by atoms with van der Waals surface area (Å²) in [6.45, 7) is 3.26. The molecule has 4 nitrogen and oxygen atoms in total. The molecule has 0 aliphatic carbocycles. The van der Waals surface area contributed by atoms with Crippen LogP contribution in [0.4, 0.5) is 0 Å². The van der Waals surface area contributed by atoms with Gasteiger partial charge in [-0.3, -0.25) is 4.68 Å². The van der Waals surface area contributed by atoms with Crippen LogP contribution in [0.3, 0.4) is 0 Å². The van der Waals surface area contributed by atoms with Crippen LogP contribution in [0.25, 0.3) is 0 Å². The van der Waals surface area contributed by atoms with Gasteiger partial charge in [-0.2, -0.15) is 5.10 Å². The second kappa shape index (κ2) is 5.78. The number of nitrogens with one attached hydrogen (secondary N) is 1. The first-order valence-electron chi connectivity index (χ1n) is 5.05. The lowest BCUT2D eigenvalue weighted by Crippen LogP contribution is -2.29. The Morgan fingerprint density at radius 1 is 1.64 bits per heavy atom. The summed E-state index contributed by atoms with van der Waals surface area (Å²) >= 11 is 0. The summed E-state index contributed by atoms with van der Waals surface area (Å²) in [6.07, 6.45) is 3.60. The molecule has 1 aromatic rings. The molecule has 0 saturated carbocycles. The van der Waals surface area contributed by atoms with Crippen LogP contribution in [0.15, 0.2) is 12.3 Å². The quantitative estimate of drug-likeness (QED) is 0.690. The molecule has 0 bridgehead atoms. The van der Waals surface area contributed by atoms with E-state index in [0.717, 1.165) is 19.4 Å². The number of nitrogens with zero attached hydrogens (tertiary/aromatic N) is 2. The van der Waals surface area contributed by atoms with Gasteiger partial charge in [0.15, 0.2) is 0 Å². The molecule has 1 atom stereocenters. The van der Waals surface area contributed by atoms with E-state index in [-0.39, 0.29) is 6.61 Å². The summed E-state index contributed by atoms with van der Waals surface area (Å²) in [7, 11) is 1.95. The van der Waals surface area contributed by atoms with Crippen molar-refractivity contribution >= 4 is 0 Å². The van der Waals surface area contributed by atoms with E-state index in [4.69, 9.17) is 5.11 Å². The van der Waals surface area contributed by atoms with E-state index < -0.39 is 0 Å². The van der Waals surface area contributed by atoms with Gasteiger partial charge < -0.3 is 10.4 Å². The van der Waals surface area contributed by atoms with Gasteiger partial charge in [0.25, 0.3) is 0 Å². The van der Waals surface area contributed by atoms with Gasteiger partial charge in [-0.15, -0.1) is 0 Å². The molecular formula is C10H19N3O. The van der Waals surface area contributed by atoms with E-state index in [1.54, 1.807) is 0 Å². The maximum absolute atomic E-state index is 8.71. The van der Waals surface area contributed by atoms with Gasteiger partial charge in [-0.1, -0.05) is 0 Å². The molecule has 0 saturated heterocycles. The molecule has 1 rings (SSSR count). The van der Waals surface area contributed by atoms with Crippen molar-refractivity contribution in [2.45, 2.75) is 25.8 Å². The van der Waals surface area contributed by atoms with Crippen molar-refractivity contribution in [1.29, 1.82) is 0 Å².